The van der Waals surface area contributed by atoms with Gasteiger partial charge in [0, 0.05) is 25.2 Å². The van der Waals surface area contributed by atoms with Crippen LogP contribution in [0.3, 0.4) is 0 Å². The van der Waals surface area contributed by atoms with Gasteiger partial charge in [-0.25, -0.2) is 0 Å². The quantitative estimate of drug-likeness (QED) is 0.802. The summed E-state index contributed by atoms with van der Waals surface area (Å²) in [5, 5.41) is 3.43. The van der Waals surface area contributed by atoms with E-state index in [-0.39, 0.29) is 5.60 Å². The van der Waals surface area contributed by atoms with E-state index in [0.29, 0.717) is 0 Å². The molecule has 1 aliphatic heterocycles. The van der Waals surface area contributed by atoms with Gasteiger partial charge in [0.05, 0.1) is 25.0 Å². The lowest BCUT2D eigenvalue weighted by Crippen LogP contribution is -2.47. The van der Waals surface area contributed by atoms with E-state index in [1.807, 2.05) is 0 Å². The summed E-state index contributed by atoms with van der Waals surface area (Å²) in [6, 6.07) is 2.07. The fourth-order valence-corrected chi connectivity index (χ4v) is 2.52. The van der Waals surface area contributed by atoms with Crippen molar-refractivity contribution in [1.29, 1.82) is 0 Å². The third-order valence-electron chi connectivity index (χ3n) is 3.45. The number of ether oxygens (including phenoxy) is 1. The second-order valence-corrected chi connectivity index (χ2v) is 5.86. The second kappa shape index (κ2) is 6.55. The Kier molecular flexibility index (Phi) is 5.02. The topological polar surface area (TPSA) is 37.6 Å². The van der Waals surface area contributed by atoms with Crippen molar-refractivity contribution < 1.29 is 9.15 Å². The first-order chi connectivity index (χ1) is 9.11. The molecule has 4 nitrogen and oxygen atoms in total. The van der Waals surface area contributed by atoms with Crippen LogP contribution in [0.2, 0.25) is 0 Å². The minimum absolute atomic E-state index is 0.0501. The van der Waals surface area contributed by atoms with Gasteiger partial charge in [-0.3, -0.25) is 4.90 Å². The van der Waals surface area contributed by atoms with Gasteiger partial charge in [-0.05, 0) is 32.9 Å². The molecule has 0 amide bonds. The summed E-state index contributed by atoms with van der Waals surface area (Å²) < 4.78 is 11.4. The van der Waals surface area contributed by atoms with Gasteiger partial charge in [0.1, 0.15) is 5.76 Å². The zero-order valence-corrected chi connectivity index (χ0v) is 12.4. The predicted molar refractivity (Wildman–Crippen MR) is 76.0 cm³/mol. The molecule has 1 aromatic rings. The van der Waals surface area contributed by atoms with E-state index in [4.69, 9.17) is 9.15 Å². The van der Waals surface area contributed by atoms with Gasteiger partial charge in [-0.2, -0.15) is 0 Å². The molecular formula is C15H26N2O2. The van der Waals surface area contributed by atoms with Gasteiger partial charge in [0.2, 0.25) is 0 Å². The SMILES string of the molecule is CCCNCc1ccoc1CN1CCOC(C)(C)C1. The smallest absolute Gasteiger partial charge is 0.122 e. The lowest BCUT2D eigenvalue weighted by molar-refractivity contribution is -0.0895. The average molecular weight is 266 g/mol. The van der Waals surface area contributed by atoms with Crippen molar-refractivity contribution in [2.45, 2.75) is 45.9 Å². The van der Waals surface area contributed by atoms with E-state index < -0.39 is 0 Å². The monoisotopic (exact) mass is 266 g/mol. The summed E-state index contributed by atoms with van der Waals surface area (Å²) in [5.74, 6) is 1.08. The standard InChI is InChI=1S/C15H26N2O2/c1-4-6-16-10-13-5-8-18-14(13)11-17-7-9-19-15(2,3)12-17/h5,8,16H,4,6-7,9-12H2,1-3H3. The molecule has 0 aliphatic carbocycles. The highest BCUT2D eigenvalue weighted by Gasteiger charge is 2.27. The molecule has 1 aromatic heterocycles. The Bertz CT molecular complexity index is 387. The molecule has 0 bridgehead atoms. The Morgan fingerprint density at radius 3 is 3.00 bits per heavy atom. The van der Waals surface area contributed by atoms with Crippen LogP contribution in [0.15, 0.2) is 16.7 Å². The summed E-state index contributed by atoms with van der Waals surface area (Å²) in [6.45, 7) is 12.0. The third kappa shape index (κ3) is 4.34. The van der Waals surface area contributed by atoms with Crippen molar-refractivity contribution in [3.63, 3.8) is 0 Å². The van der Waals surface area contributed by atoms with Crippen LogP contribution in [-0.2, 0) is 17.8 Å². The molecular weight excluding hydrogens is 240 g/mol. The molecule has 0 atom stereocenters. The van der Waals surface area contributed by atoms with Crippen LogP contribution < -0.4 is 5.32 Å². The molecule has 1 aliphatic rings. The zero-order valence-electron chi connectivity index (χ0n) is 12.4. The van der Waals surface area contributed by atoms with Crippen LogP contribution in [0.25, 0.3) is 0 Å². The van der Waals surface area contributed by atoms with E-state index in [1.54, 1.807) is 6.26 Å². The number of nitrogens with one attached hydrogen (secondary N) is 1. The first-order valence-electron chi connectivity index (χ1n) is 7.23. The highest BCUT2D eigenvalue weighted by Crippen LogP contribution is 2.20. The Morgan fingerprint density at radius 2 is 2.26 bits per heavy atom. The molecule has 0 spiro atoms. The first-order valence-corrected chi connectivity index (χ1v) is 7.23. The fraction of sp³-hybridized carbons (Fsp3) is 0.733. The number of nitrogens with zero attached hydrogens (tertiary/aromatic N) is 1. The van der Waals surface area contributed by atoms with Gasteiger partial charge < -0.3 is 14.5 Å². The van der Waals surface area contributed by atoms with Crippen molar-refractivity contribution in [3.05, 3.63) is 23.7 Å². The number of morpholine rings is 1. The first kappa shape index (κ1) is 14.6. The Morgan fingerprint density at radius 1 is 1.42 bits per heavy atom. The molecule has 4 heteroatoms. The summed E-state index contributed by atoms with van der Waals surface area (Å²) in [6.07, 6.45) is 2.95. The van der Waals surface area contributed by atoms with Crippen molar-refractivity contribution in [3.8, 4) is 0 Å². The minimum atomic E-state index is -0.0501. The van der Waals surface area contributed by atoms with E-state index in [9.17, 15) is 0 Å². The van der Waals surface area contributed by atoms with E-state index in [0.717, 1.165) is 51.5 Å². The molecule has 108 valence electrons. The largest absolute Gasteiger partial charge is 0.468 e. The van der Waals surface area contributed by atoms with Gasteiger partial charge in [-0.15, -0.1) is 0 Å². The highest BCUT2D eigenvalue weighted by atomic mass is 16.5. The highest BCUT2D eigenvalue weighted by molar-refractivity contribution is 5.17. The maximum Gasteiger partial charge on any atom is 0.122 e. The number of rotatable bonds is 6. The van der Waals surface area contributed by atoms with Crippen LogP contribution in [0.4, 0.5) is 0 Å². The number of hydrogen-bond donors (Lipinski definition) is 1. The zero-order chi connectivity index (χ0) is 13.7. The molecule has 0 unspecified atom stereocenters. The number of furan rings is 1. The molecule has 1 N–H and O–H groups in total. The van der Waals surface area contributed by atoms with Gasteiger partial charge in [-0.1, -0.05) is 6.92 Å². The lowest BCUT2D eigenvalue weighted by Gasteiger charge is -2.37. The van der Waals surface area contributed by atoms with E-state index in [2.05, 4.69) is 37.1 Å². The van der Waals surface area contributed by atoms with E-state index in [1.165, 1.54) is 5.56 Å². The maximum absolute atomic E-state index is 5.74. The third-order valence-corrected chi connectivity index (χ3v) is 3.45. The minimum Gasteiger partial charge on any atom is -0.468 e. The normalized spacial score (nSPS) is 19.7. The predicted octanol–water partition coefficient (Wildman–Crippen LogP) is 2.39. The lowest BCUT2D eigenvalue weighted by atomic mass is 10.1. The summed E-state index contributed by atoms with van der Waals surface area (Å²) in [4.78, 5) is 2.41. The Hall–Kier alpha value is -0.840. The van der Waals surface area contributed by atoms with Crippen molar-refractivity contribution >= 4 is 0 Å². The van der Waals surface area contributed by atoms with Gasteiger partial charge >= 0.3 is 0 Å². The molecule has 1 fully saturated rings. The van der Waals surface area contributed by atoms with Gasteiger partial charge in [0.15, 0.2) is 0 Å². The van der Waals surface area contributed by atoms with Gasteiger partial charge in [0.25, 0.3) is 0 Å². The summed E-state index contributed by atoms with van der Waals surface area (Å²) in [7, 11) is 0. The molecule has 19 heavy (non-hydrogen) atoms. The van der Waals surface area contributed by atoms with Crippen LogP contribution in [0.1, 0.15) is 38.5 Å². The molecule has 2 rings (SSSR count). The molecule has 0 radical (unpaired) electrons. The molecule has 0 saturated carbocycles. The molecule has 0 aromatic carbocycles. The summed E-state index contributed by atoms with van der Waals surface area (Å²) in [5.41, 5.74) is 1.23. The van der Waals surface area contributed by atoms with Crippen LogP contribution >= 0.6 is 0 Å². The number of hydrogen-bond acceptors (Lipinski definition) is 4. The van der Waals surface area contributed by atoms with Crippen molar-refractivity contribution in [2.24, 2.45) is 0 Å². The fourth-order valence-electron chi connectivity index (χ4n) is 2.52. The Labute approximate surface area is 116 Å². The van der Waals surface area contributed by atoms with E-state index >= 15 is 0 Å². The second-order valence-electron chi connectivity index (χ2n) is 5.86. The summed E-state index contributed by atoms with van der Waals surface area (Å²) >= 11 is 0. The average Bonchev–Trinajstić information content (AvgIpc) is 2.76. The van der Waals surface area contributed by atoms with Crippen LogP contribution in [0, 0.1) is 0 Å². The molecule has 2 heterocycles. The van der Waals surface area contributed by atoms with Crippen molar-refractivity contribution in [1.82, 2.24) is 10.2 Å². The maximum atomic E-state index is 5.74. The van der Waals surface area contributed by atoms with Crippen molar-refractivity contribution in [2.75, 3.05) is 26.2 Å². The van der Waals surface area contributed by atoms with Crippen LogP contribution in [0.5, 0.6) is 0 Å². The Balaban J connectivity index is 1.90. The van der Waals surface area contributed by atoms with Crippen LogP contribution in [-0.4, -0.2) is 36.7 Å². The molecule has 1 saturated heterocycles.